The molecule has 9 heteroatoms. The van der Waals surface area contributed by atoms with E-state index in [9.17, 15) is 19.1 Å². The molecule has 0 unspecified atom stereocenters. The number of carbonyl (C=O) groups is 2. The second-order valence-corrected chi connectivity index (χ2v) is 10.0. The smallest absolute Gasteiger partial charge is 0.323 e. The molecule has 1 heterocycles. The van der Waals surface area contributed by atoms with Crippen LogP contribution in [-0.2, 0) is 22.6 Å². The molecule has 218 valence electrons. The van der Waals surface area contributed by atoms with Gasteiger partial charge in [-0.2, -0.15) is 0 Å². The zero-order valence-corrected chi connectivity index (χ0v) is 23.8. The van der Waals surface area contributed by atoms with Gasteiger partial charge in [-0.15, -0.1) is 0 Å². The summed E-state index contributed by atoms with van der Waals surface area (Å²) in [6, 6.07) is 16.2. The number of ether oxygens (including phenoxy) is 2. The first kappa shape index (κ1) is 30.4. The van der Waals surface area contributed by atoms with Crippen molar-refractivity contribution in [2.75, 3.05) is 13.2 Å². The van der Waals surface area contributed by atoms with Gasteiger partial charge >= 0.3 is 11.9 Å². The molecule has 0 saturated carbocycles. The van der Waals surface area contributed by atoms with E-state index in [0.717, 1.165) is 33.2 Å². The predicted octanol–water partition coefficient (Wildman–Crippen LogP) is 7.42. The fraction of sp³-hybridized carbons (Fsp3) is 0.212. The molecule has 0 atom stereocenters. The van der Waals surface area contributed by atoms with Crippen molar-refractivity contribution in [2.45, 2.75) is 32.7 Å². The molecular weight excluding hydrogens is 561 g/mol. The maximum Gasteiger partial charge on any atom is 0.323 e. The van der Waals surface area contributed by atoms with Crippen LogP contribution >= 0.6 is 11.6 Å². The van der Waals surface area contributed by atoms with Crippen molar-refractivity contribution in [1.29, 1.82) is 0 Å². The van der Waals surface area contributed by atoms with Gasteiger partial charge in [0.25, 0.3) is 0 Å². The van der Waals surface area contributed by atoms with E-state index in [2.05, 4.69) is 0 Å². The van der Waals surface area contributed by atoms with Gasteiger partial charge in [0.05, 0.1) is 10.5 Å². The Balaban J connectivity index is 1.37. The van der Waals surface area contributed by atoms with Crippen LogP contribution in [0.4, 0.5) is 4.39 Å². The van der Waals surface area contributed by atoms with Crippen molar-refractivity contribution < 1.29 is 33.7 Å². The lowest BCUT2D eigenvalue weighted by atomic mass is 10.0. The van der Waals surface area contributed by atoms with Gasteiger partial charge in [0.1, 0.15) is 25.5 Å². The first-order valence-corrected chi connectivity index (χ1v) is 13.8. The van der Waals surface area contributed by atoms with Crippen molar-refractivity contribution in [3.63, 3.8) is 0 Å². The molecule has 4 aromatic rings. The Kier molecular flexibility index (Phi) is 10.4. The van der Waals surface area contributed by atoms with E-state index in [0.29, 0.717) is 25.2 Å². The van der Waals surface area contributed by atoms with Crippen LogP contribution in [0, 0.1) is 12.7 Å². The van der Waals surface area contributed by atoms with Crippen LogP contribution in [0.5, 0.6) is 11.5 Å². The average Bonchev–Trinajstić information content (AvgIpc) is 3.30. The Bertz CT molecular complexity index is 1620. The summed E-state index contributed by atoms with van der Waals surface area (Å²) in [5.74, 6) is -1.60. The monoisotopic (exact) mass is 591 g/mol. The number of hydrogen-bond acceptors (Lipinski definition) is 4. The Hall–Kier alpha value is -4.56. The summed E-state index contributed by atoms with van der Waals surface area (Å²) in [6.45, 7) is 2.05. The Morgan fingerprint density at radius 1 is 0.952 bits per heavy atom. The first-order valence-electron chi connectivity index (χ1n) is 13.4. The molecule has 42 heavy (non-hydrogen) atoms. The number of halogens is 2. The van der Waals surface area contributed by atoms with Crippen LogP contribution in [0.25, 0.3) is 23.1 Å². The van der Waals surface area contributed by atoms with Crippen LogP contribution in [0.3, 0.4) is 0 Å². The number of carboxylic acids is 2. The molecule has 0 aliphatic rings. The predicted molar refractivity (Wildman–Crippen MR) is 162 cm³/mol. The van der Waals surface area contributed by atoms with E-state index in [1.54, 1.807) is 35.9 Å². The van der Waals surface area contributed by atoms with Crippen molar-refractivity contribution >= 4 is 46.6 Å². The number of fused-ring (bicyclic) bond motifs is 1. The zero-order chi connectivity index (χ0) is 30.1. The SMILES string of the molecule is Cc1ccc(F)c(OCC=CCOc2ccc(C=Cc3cccc4c(CCCC(=O)O)cn(CC(=O)O)c34)cc2)c1Cl. The fourth-order valence-electron chi connectivity index (χ4n) is 4.53. The number of aryl methyl sites for hydroxylation is 2. The fourth-order valence-corrected chi connectivity index (χ4v) is 4.74. The summed E-state index contributed by atoms with van der Waals surface area (Å²) < 4.78 is 26.8. The van der Waals surface area contributed by atoms with Crippen LogP contribution in [-0.4, -0.2) is 39.9 Å². The van der Waals surface area contributed by atoms with Gasteiger partial charge in [-0.1, -0.05) is 60.2 Å². The minimum Gasteiger partial charge on any atom is -0.490 e. The molecule has 0 radical (unpaired) electrons. The highest BCUT2D eigenvalue weighted by Gasteiger charge is 2.14. The lowest BCUT2D eigenvalue weighted by Gasteiger charge is -2.09. The quantitative estimate of drug-likeness (QED) is 0.117. The van der Waals surface area contributed by atoms with Gasteiger partial charge in [0.15, 0.2) is 11.6 Å². The highest BCUT2D eigenvalue weighted by molar-refractivity contribution is 6.32. The van der Waals surface area contributed by atoms with E-state index in [1.807, 2.05) is 54.6 Å². The summed E-state index contributed by atoms with van der Waals surface area (Å²) in [7, 11) is 0. The van der Waals surface area contributed by atoms with Crippen LogP contribution < -0.4 is 9.47 Å². The maximum atomic E-state index is 13.9. The van der Waals surface area contributed by atoms with Gasteiger partial charge in [-0.25, -0.2) is 4.39 Å². The van der Waals surface area contributed by atoms with Crippen molar-refractivity contribution in [3.05, 3.63) is 106 Å². The van der Waals surface area contributed by atoms with Crippen molar-refractivity contribution in [2.24, 2.45) is 0 Å². The molecule has 2 N–H and O–H groups in total. The third-order valence-corrected chi connectivity index (χ3v) is 7.04. The van der Waals surface area contributed by atoms with Gasteiger partial charge in [-0.3, -0.25) is 9.59 Å². The summed E-state index contributed by atoms with van der Waals surface area (Å²) in [5, 5.41) is 19.6. The second kappa shape index (κ2) is 14.4. The molecule has 0 amide bonds. The molecule has 0 saturated heterocycles. The van der Waals surface area contributed by atoms with Gasteiger partial charge in [-0.05, 0) is 72.4 Å². The van der Waals surface area contributed by atoms with E-state index >= 15 is 0 Å². The molecule has 0 bridgehead atoms. The Morgan fingerprint density at radius 2 is 1.69 bits per heavy atom. The van der Waals surface area contributed by atoms with Gasteiger partial charge in [0, 0.05) is 18.0 Å². The number of aromatic nitrogens is 1. The number of rotatable bonds is 14. The zero-order valence-electron chi connectivity index (χ0n) is 23.1. The Morgan fingerprint density at radius 3 is 2.40 bits per heavy atom. The molecular formula is C33H31ClFNO6. The first-order chi connectivity index (χ1) is 20.2. The minimum absolute atomic E-state index is 0.0355. The lowest BCUT2D eigenvalue weighted by Crippen LogP contribution is -2.07. The normalized spacial score (nSPS) is 11.5. The second-order valence-electron chi connectivity index (χ2n) is 9.67. The highest BCUT2D eigenvalue weighted by Crippen LogP contribution is 2.31. The highest BCUT2D eigenvalue weighted by atomic mass is 35.5. The van der Waals surface area contributed by atoms with Crippen LogP contribution in [0.15, 0.2) is 72.9 Å². The van der Waals surface area contributed by atoms with Gasteiger partial charge in [0.2, 0.25) is 0 Å². The molecule has 4 rings (SSSR count). The number of carboxylic acid groups (broad SMARTS) is 2. The number of benzene rings is 3. The third kappa shape index (κ3) is 8.01. The third-order valence-electron chi connectivity index (χ3n) is 6.57. The van der Waals surface area contributed by atoms with E-state index in [-0.39, 0.29) is 30.3 Å². The van der Waals surface area contributed by atoms with Gasteiger partial charge < -0.3 is 24.3 Å². The molecule has 0 fully saturated rings. The van der Waals surface area contributed by atoms with E-state index < -0.39 is 17.8 Å². The number of aliphatic carboxylic acids is 2. The van der Waals surface area contributed by atoms with Crippen LogP contribution in [0.1, 0.15) is 35.1 Å². The van der Waals surface area contributed by atoms with E-state index in [4.69, 9.17) is 26.2 Å². The standard InChI is InChI=1S/C33H31ClFNO6/c1-22-10-17-28(35)33(31(22)34)42-19-3-2-18-41-26-15-12-23(13-16-26)11-14-24-6-4-8-27-25(7-5-9-29(37)38)20-36(32(24)27)21-30(39)40/h2-4,6,8,10-17,20H,5,7,9,18-19,21H2,1H3,(H,37,38)(H,39,40). The average molecular weight is 592 g/mol. The molecule has 0 spiro atoms. The van der Waals surface area contributed by atoms with Crippen molar-refractivity contribution in [1.82, 2.24) is 4.57 Å². The molecule has 0 aliphatic heterocycles. The van der Waals surface area contributed by atoms with E-state index in [1.165, 1.54) is 6.07 Å². The molecule has 3 aromatic carbocycles. The summed E-state index contributed by atoms with van der Waals surface area (Å²) >= 11 is 6.11. The molecule has 0 aliphatic carbocycles. The number of para-hydroxylation sites is 1. The Labute approximate surface area is 248 Å². The maximum absolute atomic E-state index is 13.9. The van der Waals surface area contributed by atoms with Crippen molar-refractivity contribution in [3.8, 4) is 11.5 Å². The lowest BCUT2D eigenvalue weighted by molar-refractivity contribution is -0.138. The molecule has 1 aromatic heterocycles. The summed E-state index contributed by atoms with van der Waals surface area (Å²) in [5.41, 5.74) is 4.25. The molecule has 7 nitrogen and oxygen atoms in total. The summed E-state index contributed by atoms with van der Waals surface area (Å²) in [4.78, 5) is 22.5. The number of nitrogens with zero attached hydrogens (tertiary/aromatic N) is 1. The van der Waals surface area contributed by atoms with Crippen LogP contribution in [0.2, 0.25) is 5.02 Å². The summed E-state index contributed by atoms with van der Waals surface area (Å²) in [6.07, 6.45) is 10.3. The minimum atomic E-state index is -0.953. The largest absolute Gasteiger partial charge is 0.490 e. The number of hydrogen-bond donors (Lipinski definition) is 2. The topological polar surface area (TPSA) is 98.0 Å².